The summed E-state index contributed by atoms with van der Waals surface area (Å²) in [6.45, 7) is 7.67. The Hall–Kier alpha value is -0.603. The second-order valence-corrected chi connectivity index (χ2v) is 8.73. The van der Waals surface area contributed by atoms with E-state index in [1.54, 1.807) is 0 Å². The van der Waals surface area contributed by atoms with Crippen molar-refractivity contribution >= 4 is 13.5 Å². The van der Waals surface area contributed by atoms with Gasteiger partial charge in [0.1, 0.15) is 0 Å². The largest absolute Gasteiger partial charge is 0.412 e. The number of hydrogen-bond acceptors (Lipinski definition) is 1. The van der Waals surface area contributed by atoms with E-state index < -0.39 is 8.32 Å². The molecule has 0 bridgehead atoms. The molecule has 0 heterocycles. The highest BCUT2D eigenvalue weighted by Gasteiger charge is 2.34. The highest BCUT2D eigenvalue weighted by molar-refractivity contribution is 6.86. The smallest absolute Gasteiger partial charge is 0.223 e. The van der Waals surface area contributed by atoms with Crippen molar-refractivity contribution in [1.29, 1.82) is 0 Å². The summed E-state index contributed by atoms with van der Waals surface area (Å²) < 4.78 is 6.36. The summed E-state index contributed by atoms with van der Waals surface area (Å²) >= 11 is 0. The zero-order valence-corrected chi connectivity index (χ0v) is 12.5. The minimum atomic E-state index is -1.69. The highest BCUT2D eigenvalue weighted by atomic mass is 28.4. The Morgan fingerprint density at radius 3 is 2.24 bits per heavy atom. The predicted octanol–water partition coefficient (Wildman–Crippen LogP) is 4.09. The summed E-state index contributed by atoms with van der Waals surface area (Å²) in [5, 5.41) is 1.48. The van der Waals surface area contributed by atoms with Crippen molar-refractivity contribution in [2.45, 2.75) is 52.1 Å². The van der Waals surface area contributed by atoms with Crippen molar-refractivity contribution in [2.24, 2.45) is 0 Å². The quantitative estimate of drug-likeness (QED) is 0.632. The molecule has 0 radical (unpaired) electrons. The van der Waals surface area contributed by atoms with Crippen LogP contribution in [0, 0.1) is 0 Å². The molecule has 1 aromatic rings. The van der Waals surface area contributed by atoms with Gasteiger partial charge < -0.3 is 4.43 Å². The Balaban J connectivity index is 2.89. The maximum Gasteiger partial charge on any atom is 0.223 e. The van der Waals surface area contributed by atoms with Gasteiger partial charge in [-0.3, -0.25) is 0 Å². The van der Waals surface area contributed by atoms with Crippen LogP contribution in [0.1, 0.15) is 40.0 Å². The fourth-order valence-corrected chi connectivity index (χ4v) is 6.17. The van der Waals surface area contributed by atoms with Crippen molar-refractivity contribution in [2.75, 3.05) is 6.61 Å². The standard InChI is InChI=1S/C15H26OSi/c1-4-7-14-17(6-3,16-13-5-2)15-11-9-8-10-12-15/h8-12H,4-7,13-14H2,1-3H3. The molecule has 0 aromatic heterocycles. The van der Waals surface area contributed by atoms with Crippen LogP contribution in [0.4, 0.5) is 0 Å². The lowest BCUT2D eigenvalue weighted by Crippen LogP contribution is -2.50. The lowest BCUT2D eigenvalue weighted by molar-refractivity contribution is 0.306. The molecule has 0 aliphatic carbocycles. The maximum atomic E-state index is 6.36. The molecule has 1 nitrogen and oxygen atoms in total. The molecule has 0 aliphatic heterocycles. The fraction of sp³-hybridized carbons (Fsp3) is 0.600. The molecule has 0 spiro atoms. The molecule has 0 aliphatic rings. The van der Waals surface area contributed by atoms with Gasteiger partial charge in [-0.15, -0.1) is 0 Å². The lowest BCUT2D eigenvalue weighted by atomic mass is 10.4. The first-order valence-corrected chi connectivity index (χ1v) is 9.30. The normalized spacial score (nSPS) is 14.5. The first-order valence-electron chi connectivity index (χ1n) is 6.98. The molecule has 1 rings (SSSR count). The van der Waals surface area contributed by atoms with Crippen LogP contribution in [-0.4, -0.2) is 14.9 Å². The zero-order chi connectivity index (χ0) is 12.6. The fourth-order valence-electron chi connectivity index (χ4n) is 2.28. The van der Waals surface area contributed by atoms with Gasteiger partial charge in [0.2, 0.25) is 8.32 Å². The first kappa shape index (κ1) is 14.5. The van der Waals surface area contributed by atoms with E-state index in [4.69, 9.17) is 4.43 Å². The van der Waals surface area contributed by atoms with E-state index in [9.17, 15) is 0 Å². The van der Waals surface area contributed by atoms with E-state index in [1.807, 2.05) is 0 Å². The van der Waals surface area contributed by atoms with Gasteiger partial charge in [0, 0.05) is 6.61 Å². The van der Waals surface area contributed by atoms with Crippen LogP contribution in [0.25, 0.3) is 0 Å². The molecule has 2 heteroatoms. The summed E-state index contributed by atoms with van der Waals surface area (Å²) in [4.78, 5) is 0. The van der Waals surface area contributed by atoms with Gasteiger partial charge in [0.25, 0.3) is 0 Å². The van der Waals surface area contributed by atoms with Crippen LogP contribution >= 0.6 is 0 Å². The number of rotatable bonds is 8. The van der Waals surface area contributed by atoms with Gasteiger partial charge >= 0.3 is 0 Å². The highest BCUT2D eigenvalue weighted by Crippen LogP contribution is 2.20. The number of unbranched alkanes of at least 4 members (excludes halogenated alkanes) is 1. The molecule has 96 valence electrons. The van der Waals surface area contributed by atoms with Crippen molar-refractivity contribution in [3.63, 3.8) is 0 Å². The first-order chi connectivity index (χ1) is 8.29. The van der Waals surface area contributed by atoms with Crippen LogP contribution in [0.2, 0.25) is 12.1 Å². The minimum absolute atomic E-state index is 0.915. The van der Waals surface area contributed by atoms with Crippen molar-refractivity contribution < 1.29 is 4.43 Å². The number of hydrogen-bond donors (Lipinski definition) is 0. The molecular formula is C15H26OSi. The van der Waals surface area contributed by atoms with Crippen LogP contribution in [0.15, 0.2) is 30.3 Å². The minimum Gasteiger partial charge on any atom is -0.412 e. The maximum absolute atomic E-state index is 6.36. The molecule has 1 atom stereocenters. The van der Waals surface area contributed by atoms with Crippen molar-refractivity contribution in [1.82, 2.24) is 0 Å². The van der Waals surface area contributed by atoms with E-state index in [2.05, 4.69) is 51.1 Å². The van der Waals surface area contributed by atoms with Gasteiger partial charge in [-0.25, -0.2) is 0 Å². The molecule has 0 N–H and O–H groups in total. The lowest BCUT2D eigenvalue weighted by Gasteiger charge is -2.31. The Bertz CT molecular complexity index is 289. The van der Waals surface area contributed by atoms with Gasteiger partial charge in [-0.1, -0.05) is 63.9 Å². The van der Waals surface area contributed by atoms with Gasteiger partial charge in [0.05, 0.1) is 0 Å². The summed E-state index contributed by atoms with van der Waals surface area (Å²) in [5.41, 5.74) is 0. The molecule has 0 fully saturated rings. The Morgan fingerprint density at radius 1 is 1.00 bits per heavy atom. The Morgan fingerprint density at radius 2 is 1.71 bits per heavy atom. The average Bonchev–Trinajstić information content (AvgIpc) is 2.41. The van der Waals surface area contributed by atoms with E-state index in [-0.39, 0.29) is 0 Å². The molecule has 1 aromatic carbocycles. The zero-order valence-electron chi connectivity index (χ0n) is 11.5. The third-order valence-corrected chi connectivity index (χ3v) is 7.83. The van der Waals surface area contributed by atoms with Crippen molar-refractivity contribution in [3.05, 3.63) is 30.3 Å². The SMILES string of the molecule is CCCC[Si](CC)(OCCC)c1ccccc1. The molecular weight excluding hydrogens is 224 g/mol. The molecule has 0 saturated carbocycles. The van der Waals surface area contributed by atoms with Crippen LogP contribution in [-0.2, 0) is 4.43 Å². The summed E-state index contributed by atoms with van der Waals surface area (Å²) in [6, 6.07) is 13.4. The topological polar surface area (TPSA) is 9.23 Å². The molecule has 1 unspecified atom stereocenters. The predicted molar refractivity (Wildman–Crippen MR) is 78.3 cm³/mol. The van der Waals surface area contributed by atoms with E-state index in [1.165, 1.54) is 30.1 Å². The number of benzene rings is 1. The van der Waals surface area contributed by atoms with Gasteiger partial charge in [0.15, 0.2) is 0 Å². The summed E-state index contributed by atoms with van der Waals surface area (Å²) in [6.07, 6.45) is 3.67. The Labute approximate surface area is 107 Å². The van der Waals surface area contributed by atoms with E-state index in [0.29, 0.717) is 0 Å². The third kappa shape index (κ3) is 3.97. The molecule has 0 saturated heterocycles. The second-order valence-electron chi connectivity index (χ2n) is 4.67. The Kier molecular flexibility index (Phi) is 6.52. The molecule has 17 heavy (non-hydrogen) atoms. The monoisotopic (exact) mass is 250 g/mol. The van der Waals surface area contributed by atoms with E-state index in [0.717, 1.165) is 13.0 Å². The van der Waals surface area contributed by atoms with Gasteiger partial charge in [-0.05, 0) is 23.7 Å². The summed E-state index contributed by atoms with van der Waals surface area (Å²) in [7, 11) is -1.69. The van der Waals surface area contributed by atoms with Crippen LogP contribution < -0.4 is 5.19 Å². The van der Waals surface area contributed by atoms with E-state index >= 15 is 0 Å². The van der Waals surface area contributed by atoms with Crippen LogP contribution in [0.5, 0.6) is 0 Å². The summed E-state index contributed by atoms with van der Waals surface area (Å²) in [5.74, 6) is 0. The van der Waals surface area contributed by atoms with Crippen LogP contribution in [0.3, 0.4) is 0 Å². The molecule has 0 amide bonds. The second kappa shape index (κ2) is 7.67. The van der Waals surface area contributed by atoms with Crippen molar-refractivity contribution in [3.8, 4) is 0 Å². The average molecular weight is 250 g/mol. The third-order valence-electron chi connectivity index (χ3n) is 3.39. The van der Waals surface area contributed by atoms with Gasteiger partial charge in [-0.2, -0.15) is 0 Å².